The second kappa shape index (κ2) is 9.14. The minimum absolute atomic E-state index is 0.208. The Morgan fingerprint density at radius 1 is 1.00 bits per heavy atom. The topological polar surface area (TPSA) is 74.3 Å². The fourth-order valence-corrected chi connectivity index (χ4v) is 3.79. The van der Waals surface area contributed by atoms with Crippen LogP contribution in [0.1, 0.15) is 47.8 Å². The van der Waals surface area contributed by atoms with E-state index in [4.69, 9.17) is 19.0 Å². The number of para-hydroxylation sites is 1. The summed E-state index contributed by atoms with van der Waals surface area (Å²) in [5.41, 5.74) is 1.96. The molecule has 1 atom stereocenters. The average molecular weight is 440 g/mol. The van der Waals surface area contributed by atoms with E-state index >= 15 is 0 Å². The van der Waals surface area contributed by atoms with Crippen molar-refractivity contribution in [3.8, 4) is 5.75 Å². The first kappa shape index (κ1) is 23.5. The normalized spacial score (nSPS) is 16.3. The van der Waals surface area contributed by atoms with Crippen molar-refractivity contribution in [2.45, 2.75) is 46.4 Å². The summed E-state index contributed by atoms with van der Waals surface area (Å²) in [5.74, 6) is -0.433. The Balaban J connectivity index is 2.16. The molecule has 1 amide bonds. The van der Waals surface area contributed by atoms with Gasteiger partial charge in [0.2, 0.25) is 0 Å². The molecule has 0 radical (unpaired) electrons. The number of hydrogen-bond acceptors (Lipinski definition) is 6. The number of esters is 1. The molecule has 0 aromatic heterocycles. The monoisotopic (exact) mass is 439 g/mol. The summed E-state index contributed by atoms with van der Waals surface area (Å²) in [5, 5.41) is 1.22. The highest BCUT2D eigenvalue weighted by molar-refractivity contribution is 6.23. The van der Waals surface area contributed by atoms with Gasteiger partial charge < -0.3 is 14.2 Å². The van der Waals surface area contributed by atoms with Crippen molar-refractivity contribution in [1.82, 2.24) is 5.06 Å². The molecule has 0 saturated heterocycles. The molecule has 0 bridgehead atoms. The molecule has 1 aliphatic rings. The lowest BCUT2D eigenvalue weighted by molar-refractivity contribution is -0.276. The quantitative estimate of drug-likeness (QED) is 0.470. The highest BCUT2D eigenvalue weighted by Gasteiger charge is 2.51. The number of hydrogen-bond donors (Lipinski definition) is 0. The van der Waals surface area contributed by atoms with Crippen LogP contribution in [0.15, 0.2) is 48.2 Å². The highest BCUT2D eigenvalue weighted by Crippen LogP contribution is 2.43. The fourth-order valence-electron chi connectivity index (χ4n) is 3.79. The smallest absolute Gasteiger partial charge is 0.347 e. The van der Waals surface area contributed by atoms with E-state index in [0.29, 0.717) is 11.3 Å². The molecule has 0 aliphatic carbocycles. The van der Waals surface area contributed by atoms with Gasteiger partial charge in [0.1, 0.15) is 22.6 Å². The van der Waals surface area contributed by atoms with Crippen molar-refractivity contribution >= 4 is 17.4 Å². The Labute approximate surface area is 188 Å². The predicted molar refractivity (Wildman–Crippen MR) is 120 cm³/mol. The molecular weight excluding hydrogens is 410 g/mol. The molecule has 0 fully saturated rings. The van der Waals surface area contributed by atoms with E-state index in [1.165, 1.54) is 19.3 Å². The van der Waals surface area contributed by atoms with Crippen LogP contribution in [0.5, 0.6) is 5.75 Å². The summed E-state index contributed by atoms with van der Waals surface area (Å²) in [6, 6.07) is 12.5. The summed E-state index contributed by atoms with van der Waals surface area (Å²) in [7, 11) is 2.97. The molecule has 7 heteroatoms. The van der Waals surface area contributed by atoms with Crippen LogP contribution in [0.3, 0.4) is 0 Å². The van der Waals surface area contributed by atoms with Crippen molar-refractivity contribution in [3.63, 3.8) is 0 Å². The van der Waals surface area contributed by atoms with E-state index < -0.39 is 23.7 Å². The van der Waals surface area contributed by atoms with E-state index in [9.17, 15) is 9.59 Å². The van der Waals surface area contributed by atoms with Crippen molar-refractivity contribution in [3.05, 3.63) is 70.5 Å². The molecular formula is C25H29NO6. The van der Waals surface area contributed by atoms with E-state index in [2.05, 4.69) is 0 Å². The summed E-state index contributed by atoms with van der Waals surface area (Å²) >= 11 is 0. The second-order valence-electron chi connectivity index (χ2n) is 8.13. The molecule has 2 aromatic carbocycles. The van der Waals surface area contributed by atoms with Crippen LogP contribution in [0.4, 0.5) is 0 Å². The summed E-state index contributed by atoms with van der Waals surface area (Å²) in [6.45, 7) is 9.03. The number of nitrogens with zero attached hydrogens (tertiary/aromatic N) is 1. The molecule has 170 valence electrons. The first-order chi connectivity index (χ1) is 15.1. The number of rotatable bonds is 7. The van der Waals surface area contributed by atoms with Gasteiger partial charge in [0.05, 0.1) is 12.7 Å². The SMILES string of the molecule is COc1ccccc1C(=O)OC1=C(c2c(C)cccc2C)C(=O)N(OC(C)OC)C1(C)C. The van der Waals surface area contributed by atoms with Gasteiger partial charge in [0.25, 0.3) is 5.91 Å². The van der Waals surface area contributed by atoms with Crippen LogP contribution in [-0.2, 0) is 19.1 Å². The van der Waals surface area contributed by atoms with Crippen molar-refractivity contribution in [2.75, 3.05) is 14.2 Å². The van der Waals surface area contributed by atoms with Gasteiger partial charge >= 0.3 is 5.97 Å². The fraction of sp³-hybridized carbons (Fsp3) is 0.360. The van der Waals surface area contributed by atoms with Crippen LogP contribution in [-0.4, -0.2) is 43.0 Å². The van der Waals surface area contributed by atoms with E-state index in [1.54, 1.807) is 45.0 Å². The van der Waals surface area contributed by atoms with Gasteiger partial charge in [-0.2, -0.15) is 0 Å². The third kappa shape index (κ3) is 4.13. The predicted octanol–water partition coefficient (Wildman–Crippen LogP) is 4.42. The van der Waals surface area contributed by atoms with Crippen LogP contribution < -0.4 is 4.74 Å². The van der Waals surface area contributed by atoms with Crippen molar-refractivity contribution in [1.29, 1.82) is 0 Å². The van der Waals surface area contributed by atoms with E-state index in [0.717, 1.165) is 11.1 Å². The van der Waals surface area contributed by atoms with Gasteiger partial charge in [0, 0.05) is 7.11 Å². The van der Waals surface area contributed by atoms with Gasteiger partial charge in [-0.1, -0.05) is 30.3 Å². The molecule has 1 aliphatic heterocycles. The largest absolute Gasteiger partial charge is 0.496 e. The minimum Gasteiger partial charge on any atom is -0.496 e. The lowest BCUT2D eigenvalue weighted by atomic mass is 9.93. The van der Waals surface area contributed by atoms with Gasteiger partial charge in [-0.25, -0.2) is 14.7 Å². The number of carbonyl (C=O) groups excluding carboxylic acids is 2. The van der Waals surface area contributed by atoms with Gasteiger partial charge in [-0.05, 0) is 63.4 Å². The van der Waals surface area contributed by atoms with Gasteiger partial charge in [-0.15, -0.1) is 0 Å². The molecule has 0 N–H and O–H groups in total. The molecule has 3 rings (SSSR count). The van der Waals surface area contributed by atoms with Gasteiger partial charge in [0.15, 0.2) is 6.29 Å². The molecule has 32 heavy (non-hydrogen) atoms. The minimum atomic E-state index is -1.08. The number of carbonyl (C=O) groups is 2. The average Bonchev–Trinajstić information content (AvgIpc) is 2.94. The lowest BCUT2D eigenvalue weighted by Gasteiger charge is -2.33. The Hall–Kier alpha value is -3.16. The summed E-state index contributed by atoms with van der Waals surface area (Å²) < 4.78 is 16.4. The molecule has 1 unspecified atom stereocenters. The molecule has 0 spiro atoms. The third-order valence-corrected chi connectivity index (χ3v) is 5.53. The van der Waals surface area contributed by atoms with Gasteiger partial charge in [-0.3, -0.25) is 4.79 Å². The second-order valence-corrected chi connectivity index (χ2v) is 8.13. The Morgan fingerprint density at radius 2 is 1.62 bits per heavy atom. The van der Waals surface area contributed by atoms with Crippen molar-refractivity contribution < 1.29 is 28.6 Å². The van der Waals surface area contributed by atoms with E-state index in [1.807, 2.05) is 32.0 Å². The summed E-state index contributed by atoms with van der Waals surface area (Å²) in [4.78, 5) is 32.6. The van der Waals surface area contributed by atoms with Crippen LogP contribution >= 0.6 is 0 Å². The first-order valence-electron chi connectivity index (χ1n) is 10.3. The Bertz CT molecular complexity index is 1050. The molecule has 1 heterocycles. The number of amides is 1. The highest BCUT2D eigenvalue weighted by atomic mass is 16.8. The lowest BCUT2D eigenvalue weighted by Crippen LogP contribution is -2.46. The van der Waals surface area contributed by atoms with Crippen LogP contribution in [0, 0.1) is 13.8 Å². The maximum Gasteiger partial charge on any atom is 0.347 e. The molecule has 0 saturated carbocycles. The number of methoxy groups -OCH3 is 2. The van der Waals surface area contributed by atoms with Crippen molar-refractivity contribution in [2.24, 2.45) is 0 Å². The van der Waals surface area contributed by atoms with Crippen LogP contribution in [0.25, 0.3) is 5.57 Å². The first-order valence-corrected chi connectivity index (χ1v) is 10.3. The Morgan fingerprint density at radius 3 is 2.22 bits per heavy atom. The zero-order chi connectivity index (χ0) is 23.6. The maximum absolute atomic E-state index is 13.6. The third-order valence-electron chi connectivity index (χ3n) is 5.53. The maximum atomic E-state index is 13.6. The zero-order valence-corrected chi connectivity index (χ0v) is 19.5. The number of ether oxygens (including phenoxy) is 3. The number of hydroxylamine groups is 2. The Kier molecular flexibility index (Phi) is 6.71. The zero-order valence-electron chi connectivity index (χ0n) is 19.5. The summed E-state index contributed by atoms with van der Waals surface area (Å²) in [6.07, 6.45) is -0.679. The molecule has 2 aromatic rings. The van der Waals surface area contributed by atoms with Crippen LogP contribution in [0.2, 0.25) is 0 Å². The van der Waals surface area contributed by atoms with E-state index in [-0.39, 0.29) is 16.9 Å². The number of aryl methyl sites for hydroxylation is 2. The standard InChI is InChI=1S/C25H29NO6/c1-15-11-10-12-16(2)20(15)21-22(25(4,5)26(23(21)27)32-17(3)29-6)31-24(28)18-13-8-9-14-19(18)30-7/h8-14,17H,1-7H3. The number of benzene rings is 2. The molecule has 7 nitrogen and oxygen atoms in total.